The lowest BCUT2D eigenvalue weighted by Crippen LogP contribution is -2.43. The van der Waals surface area contributed by atoms with Crippen molar-refractivity contribution in [1.29, 1.82) is 0 Å². The molecular formula is C15H30N2. The Labute approximate surface area is 107 Å². The van der Waals surface area contributed by atoms with Crippen LogP contribution in [0.1, 0.15) is 52.9 Å². The molecule has 2 aliphatic rings. The van der Waals surface area contributed by atoms with E-state index in [0.717, 1.165) is 24.4 Å². The summed E-state index contributed by atoms with van der Waals surface area (Å²) in [7, 11) is 0. The van der Waals surface area contributed by atoms with Gasteiger partial charge in [-0.05, 0) is 69.0 Å². The molecule has 2 nitrogen and oxygen atoms in total. The van der Waals surface area contributed by atoms with Crippen molar-refractivity contribution in [3.63, 3.8) is 0 Å². The highest BCUT2D eigenvalue weighted by atomic mass is 15.2. The van der Waals surface area contributed by atoms with Gasteiger partial charge in [0, 0.05) is 6.04 Å². The Morgan fingerprint density at radius 1 is 1.18 bits per heavy atom. The summed E-state index contributed by atoms with van der Waals surface area (Å²) in [6, 6.07) is 0.851. The van der Waals surface area contributed by atoms with Gasteiger partial charge in [-0.1, -0.05) is 20.8 Å². The van der Waals surface area contributed by atoms with Crippen molar-refractivity contribution in [3.8, 4) is 0 Å². The first-order chi connectivity index (χ1) is 8.02. The Balaban J connectivity index is 1.85. The molecular weight excluding hydrogens is 208 g/mol. The molecule has 2 rings (SSSR count). The largest absolute Gasteiger partial charge is 0.330 e. The van der Waals surface area contributed by atoms with Crippen LogP contribution in [0.4, 0.5) is 0 Å². The Morgan fingerprint density at radius 2 is 1.82 bits per heavy atom. The van der Waals surface area contributed by atoms with Crippen LogP contribution in [0, 0.1) is 17.3 Å². The van der Waals surface area contributed by atoms with Crippen LogP contribution in [-0.2, 0) is 0 Å². The maximum atomic E-state index is 5.66. The molecule has 17 heavy (non-hydrogen) atoms. The van der Waals surface area contributed by atoms with Crippen molar-refractivity contribution in [2.45, 2.75) is 58.9 Å². The van der Waals surface area contributed by atoms with Gasteiger partial charge in [-0.2, -0.15) is 0 Å². The highest BCUT2D eigenvalue weighted by molar-refractivity contribution is 4.93. The standard InChI is InChI=1S/C15H30N2/c1-12-10-15(2,3)11-14(12)17-8-5-13(4-7-16)6-9-17/h12-14H,4-11,16H2,1-3H3. The zero-order chi connectivity index (χ0) is 12.5. The summed E-state index contributed by atoms with van der Waals surface area (Å²) in [5.41, 5.74) is 6.23. The van der Waals surface area contributed by atoms with E-state index in [-0.39, 0.29) is 0 Å². The normalized spacial score (nSPS) is 35.3. The third-order valence-corrected chi connectivity index (χ3v) is 4.99. The van der Waals surface area contributed by atoms with Gasteiger partial charge in [-0.15, -0.1) is 0 Å². The molecule has 1 aliphatic heterocycles. The van der Waals surface area contributed by atoms with Gasteiger partial charge in [0.1, 0.15) is 0 Å². The zero-order valence-electron chi connectivity index (χ0n) is 11.9. The number of nitrogens with zero attached hydrogens (tertiary/aromatic N) is 1. The van der Waals surface area contributed by atoms with E-state index in [2.05, 4.69) is 25.7 Å². The van der Waals surface area contributed by atoms with Gasteiger partial charge in [-0.25, -0.2) is 0 Å². The second-order valence-electron chi connectivity index (χ2n) is 7.17. The van der Waals surface area contributed by atoms with Gasteiger partial charge in [0.2, 0.25) is 0 Å². The molecule has 2 atom stereocenters. The molecule has 1 saturated heterocycles. The summed E-state index contributed by atoms with van der Waals surface area (Å²) >= 11 is 0. The lowest BCUT2D eigenvalue weighted by atomic mass is 9.90. The predicted octanol–water partition coefficient (Wildman–Crippen LogP) is 2.87. The smallest absolute Gasteiger partial charge is 0.0126 e. The number of nitrogens with two attached hydrogens (primary N) is 1. The zero-order valence-corrected chi connectivity index (χ0v) is 11.9. The van der Waals surface area contributed by atoms with Crippen molar-refractivity contribution < 1.29 is 0 Å². The molecule has 0 aromatic heterocycles. The third-order valence-electron chi connectivity index (χ3n) is 4.99. The molecule has 2 fully saturated rings. The van der Waals surface area contributed by atoms with E-state index < -0.39 is 0 Å². The Hall–Kier alpha value is -0.0800. The van der Waals surface area contributed by atoms with Crippen molar-refractivity contribution in [3.05, 3.63) is 0 Å². The molecule has 2 heteroatoms. The molecule has 0 amide bonds. The van der Waals surface area contributed by atoms with Crippen LogP contribution in [0.2, 0.25) is 0 Å². The number of hydrogen-bond donors (Lipinski definition) is 1. The first-order valence-corrected chi connectivity index (χ1v) is 7.46. The van der Waals surface area contributed by atoms with Gasteiger partial charge in [-0.3, -0.25) is 0 Å². The monoisotopic (exact) mass is 238 g/mol. The second kappa shape index (κ2) is 5.27. The summed E-state index contributed by atoms with van der Waals surface area (Å²) in [6.07, 6.45) is 6.79. The summed E-state index contributed by atoms with van der Waals surface area (Å²) in [6.45, 7) is 10.8. The van der Waals surface area contributed by atoms with Gasteiger partial charge in [0.05, 0.1) is 0 Å². The summed E-state index contributed by atoms with van der Waals surface area (Å²) in [5.74, 6) is 1.79. The average Bonchev–Trinajstić information content (AvgIpc) is 2.54. The SMILES string of the molecule is CC1CC(C)(C)CC1N1CCC(CCN)CC1. The molecule has 0 radical (unpaired) electrons. The maximum Gasteiger partial charge on any atom is 0.0126 e. The van der Waals surface area contributed by atoms with E-state index >= 15 is 0 Å². The first kappa shape index (κ1) is 13.4. The van der Waals surface area contributed by atoms with Gasteiger partial charge in [0.15, 0.2) is 0 Å². The number of hydrogen-bond acceptors (Lipinski definition) is 2. The molecule has 1 heterocycles. The van der Waals surface area contributed by atoms with Gasteiger partial charge < -0.3 is 10.6 Å². The fourth-order valence-electron chi connectivity index (χ4n) is 4.16. The van der Waals surface area contributed by atoms with E-state index in [9.17, 15) is 0 Å². The average molecular weight is 238 g/mol. The molecule has 100 valence electrons. The molecule has 2 N–H and O–H groups in total. The minimum Gasteiger partial charge on any atom is -0.330 e. The topological polar surface area (TPSA) is 29.3 Å². The number of likely N-dealkylation sites (tertiary alicyclic amines) is 1. The molecule has 1 saturated carbocycles. The molecule has 0 aromatic carbocycles. The molecule has 0 spiro atoms. The van der Waals surface area contributed by atoms with Crippen LogP contribution in [-0.4, -0.2) is 30.6 Å². The minimum atomic E-state index is 0.568. The molecule has 2 unspecified atom stereocenters. The minimum absolute atomic E-state index is 0.568. The van der Waals surface area contributed by atoms with Crippen LogP contribution in [0.5, 0.6) is 0 Å². The molecule has 0 bridgehead atoms. The van der Waals surface area contributed by atoms with Crippen molar-refractivity contribution in [2.24, 2.45) is 23.0 Å². The van der Waals surface area contributed by atoms with Crippen molar-refractivity contribution >= 4 is 0 Å². The highest BCUT2D eigenvalue weighted by Gasteiger charge is 2.40. The quantitative estimate of drug-likeness (QED) is 0.819. The summed E-state index contributed by atoms with van der Waals surface area (Å²) in [4.78, 5) is 2.77. The molecule has 0 aromatic rings. The van der Waals surface area contributed by atoms with Crippen LogP contribution in [0.15, 0.2) is 0 Å². The predicted molar refractivity (Wildman–Crippen MR) is 73.9 cm³/mol. The van der Waals surface area contributed by atoms with Gasteiger partial charge in [0.25, 0.3) is 0 Å². The van der Waals surface area contributed by atoms with E-state index in [1.807, 2.05) is 0 Å². The maximum absolute atomic E-state index is 5.66. The van der Waals surface area contributed by atoms with Crippen molar-refractivity contribution in [2.75, 3.05) is 19.6 Å². The van der Waals surface area contributed by atoms with Crippen LogP contribution >= 0.6 is 0 Å². The molecule has 1 aliphatic carbocycles. The Kier molecular flexibility index (Phi) is 4.14. The van der Waals surface area contributed by atoms with Crippen LogP contribution in [0.3, 0.4) is 0 Å². The Bertz CT molecular complexity index is 241. The van der Waals surface area contributed by atoms with Gasteiger partial charge >= 0.3 is 0 Å². The number of rotatable bonds is 3. The summed E-state index contributed by atoms with van der Waals surface area (Å²) in [5, 5.41) is 0. The summed E-state index contributed by atoms with van der Waals surface area (Å²) < 4.78 is 0. The van der Waals surface area contributed by atoms with E-state index in [1.54, 1.807) is 0 Å². The highest BCUT2D eigenvalue weighted by Crippen LogP contribution is 2.44. The van der Waals surface area contributed by atoms with Crippen molar-refractivity contribution in [1.82, 2.24) is 4.90 Å². The second-order valence-corrected chi connectivity index (χ2v) is 7.17. The van der Waals surface area contributed by atoms with E-state index in [1.165, 1.54) is 45.2 Å². The third kappa shape index (κ3) is 3.23. The first-order valence-electron chi connectivity index (χ1n) is 7.46. The van der Waals surface area contributed by atoms with E-state index in [4.69, 9.17) is 5.73 Å². The fraction of sp³-hybridized carbons (Fsp3) is 1.00. The number of piperidine rings is 1. The van der Waals surface area contributed by atoms with Crippen LogP contribution < -0.4 is 5.73 Å². The Morgan fingerprint density at radius 3 is 2.29 bits per heavy atom. The van der Waals surface area contributed by atoms with Crippen LogP contribution in [0.25, 0.3) is 0 Å². The fourth-order valence-corrected chi connectivity index (χ4v) is 4.16. The lowest BCUT2D eigenvalue weighted by Gasteiger charge is -2.38. The van der Waals surface area contributed by atoms with E-state index in [0.29, 0.717) is 5.41 Å². The lowest BCUT2D eigenvalue weighted by molar-refractivity contribution is 0.107.